The highest BCUT2D eigenvalue weighted by Gasteiger charge is 2.33. The number of benzene rings is 1. The number of amides is 2. The Morgan fingerprint density at radius 1 is 1.17 bits per heavy atom. The van der Waals surface area contributed by atoms with Crippen LogP contribution in [-0.4, -0.2) is 81.6 Å². The second-order valence-corrected chi connectivity index (χ2v) is 9.73. The molecule has 1 aromatic rings. The van der Waals surface area contributed by atoms with E-state index in [1.165, 1.54) is 10.6 Å². The van der Waals surface area contributed by atoms with Gasteiger partial charge in [-0.05, 0) is 43.5 Å². The predicted octanol–water partition coefficient (Wildman–Crippen LogP) is 0.681. The van der Waals surface area contributed by atoms with Gasteiger partial charge in [-0.2, -0.15) is 0 Å². The van der Waals surface area contributed by atoms with E-state index in [9.17, 15) is 18.0 Å². The molecule has 1 aromatic carbocycles. The van der Waals surface area contributed by atoms with Gasteiger partial charge in [0, 0.05) is 44.3 Å². The van der Waals surface area contributed by atoms with Crippen LogP contribution in [0.15, 0.2) is 18.2 Å². The number of piperazine rings is 1. The molecule has 0 radical (unpaired) electrons. The van der Waals surface area contributed by atoms with Crippen LogP contribution in [0.3, 0.4) is 0 Å². The lowest BCUT2D eigenvalue weighted by atomic mass is 10.1. The van der Waals surface area contributed by atoms with Crippen LogP contribution in [0, 0.1) is 0 Å². The number of hydrogen-bond acceptors (Lipinski definition) is 5. The van der Waals surface area contributed by atoms with Crippen molar-refractivity contribution < 1.29 is 18.0 Å². The number of fused-ring (bicyclic) bond motifs is 1. The summed E-state index contributed by atoms with van der Waals surface area (Å²) >= 11 is 0. The summed E-state index contributed by atoms with van der Waals surface area (Å²) < 4.78 is 25.5. The highest BCUT2D eigenvalue weighted by molar-refractivity contribution is 7.92. The first-order valence-electron chi connectivity index (χ1n) is 10.1. The third-order valence-corrected chi connectivity index (χ3v) is 6.71. The van der Waals surface area contributed by atoms with Gasteiger partial charge in [0.25, 0.3) is 5.91 Å². The average molecular weight is 423 g/mol. The van der Waals surface area contributed by atoms with Crippen LogP contribution in [0.5, 0.6) is 0 Å². The number of nitrogens with one attached hydrogen (secondary N) is 1. The molecule has 2 aliphatic heterocycles. The summed E-state index contributed by atoms with van der Waals surface area (Å²) in [5, 5.41) is 2.87. The van der Waals surface area contributed by atoms with Crippen LogP contribution in [0.2, 0.25) is 0 Å². The average Bonchev–Trinajstić information content (AvgIpc) is 3.01. The zero-order chi connectivity index (χ0) is 21.2. The summed E-state index contributed by atoms with van der Waals surface area (Å²) in [4.78, 5) is 28.6. The molecule has 1 N–H and O–H groups in total. The summed E-state index contributed by atoms with van der Waals surface area (Å²) in [5.41, 5.74) is 2.14. The summed E-state index contributed by atoms with van der Waals surface area (Å²) in [7, 11) is -3.34. The van der Waals surface area contributed by atoms with Gasteiger partial charge < -0.3 is 10.2 Å². The molecule has 1 atom stereocenters. The highest BCUT2D eigenvalue weighted by atomic mass is 32.2. The molecule has 1 saturated heterocycles. The Balaban J connectivity index is 1.61. The Morgan fingerprint density at radius 3 is 2.48 bits per heavy atom. The molecule has 8 nitrogen and oxygen atoms in total. The fraction of sp³-hybridized carbons (Fsp3) is 0.600. The zero-order valence-corrected chi connectivity index (χ0v) is 18.2. The molecule has 3 rings (SSSR count). The largest absolute Gasteiger partial charge is 0.355 e. The van der Waals surface area contributed by atoms with E-state index in [0.29, 0.717) is 56.9 Å². The summed E-state index contributed by atoms with van der Waals surface area (Å²) in [6.45, 7) is 7.41. The molecule has 1 unspecified atom stereocenters. The molecule has 9 heteroatoms. The molecule has 2 amide bonds. The third kappa shape index (κ3) is 4.90. The Kier molecular flexibility index (Phi) is 6.48. The van der Waals surface area contributed by atoms with E-state index < -0.39 is 10.0 Å². The second-order valence-electron chi connectivity index (χ2n) is 7.87. The zero-order valence-electron chi connectivity index (χ0n) is 17.3. The van der Waals surface area contributed by atoms with Crippen molar-refractivity contribution in [1.82, 2.24) is 15.1 Å². The van der Waals surface area contributed by atoms with Crippen molar-refractivity contribution in [2.75, 3.05) is 49.8 Å². The molecule has 0 bridgehead atoms. The first-order valence-corrected chi connectivity index (χ1v) is 12.0. The minimum absolute atomic E-state index is 0.0230. The Labute approximate surface area is 172 Å². The van der Waals surface area contributed by atoms with Crippen LogP contribution in [0.4, 0.5) is 5.69 Å². The summed E-state index contributed by atoms with van der Waals surface area (Å²) in [5.74, 6) is -0.0249. The molecule has 2 heterocycles. The van der Waals surface area contributed by atoms with Crippen LogP contribution < -0.4 is 9.62 Å². The van der Waals surface area contributed by atoms with Gasteiger partial charge in [-0.15, -0.1) is 0 Å². The number of hydrogen-bond donors (Lipinski definition) is 1. The van der Waals surface area contributed by atoms with Gasteiger partial charge in [-0.3, -0.25) is 18.8 Å². The number of rotatable bonds is 6. The van der Waals surface area contributed by atoms with Crippen molar-refractivity contribution in [3.05, 3.63) is 29.3 Å². The van der Waals surface area contributed by atoms with Crippen molar-refractivity contribution >= 4 is 27.5 Å². The molecule has 2 aliphatic rings. The predicted molar refractivity (Wildman–Crippen MR) is 113 cm³/mol. The monoisotopic (exact) mass is 422 g/mol. The van der Waals surface area contributed by atoms with Crippen molar-refractivity contribution in [2.24, 2.45) is 0 Å². The van der Waals surface area contributed by atoms with E-state index in [1.807, 2.05) is 19.9 Å². The SMILES string of the molecule is CCCNC(=O)CN1CCN(C(=O)c2ccc3c(c2)CC(C)N3S(C)(=O)=O)CC1. The maximum absolute atomic E-state index is 12.9. The lowest BCUT2D eigenvalue weighted by Gasteiger charge is -2.34. The van der Waals surface area contributed by atoms with Crippen LogP contribution in [0.25, 0.3) is 0 Å². The van der Waals surface area contributed by atoms with Crippen molar-refractivity contribution in [3.8, 4) is 0 Å². The van der Waals surface area contributed by atoms with Crippen molar-refractivity contribution in [2.45, 2.75) is 32.7 Å². The van der Waals surface area contributed by atoms with Crippen LogP contribution >= 0.6 is 0 Å². The van der Waals surface area contributed by atoms with Gasteiger partial charge >= 0.3 is 0 Å². The topological polar surface area (TPSA) is 90.0 Å². The van der Waals surface area contributed by atoms with Gasteiger partial charge in [0.15, 0.2) is 0 Å². The minimum Gasteiger partial charge on any atom is -0.355 e. The molecule has 29 heavy (non-hydrogen) atoms. The molecule has 0 spiro atoms. The molecule has 0 saturated carbocycles. The fourth-order valence-corrected chi connectivity index (χ4v) is 5.32. The molecule has 1 fully saturated rings. The van der Waals surface area contributed by atoms with Gasteiger partial charge in [0.1, 0.15) is 0 Å². The van der Waals surface area contributed by atoms with E-state index in [4.69, 9.17) is 0 Å². The molecule has 0 aromatic heterocycles. The number of sulfonamides is 1. The molecular weight excluding hydrogens is 392 g/mol. The van der Waals surface area contributed by atoms with Crippen LogP contribution in [-0.2, 0) is 21.2 Å². The van der Waals surface area contributed by atoms with Gasteiger partial charge in [-0.1, -0.05) is 6.92 Å². The number of anilines is 1. The molecule has 160 valence electrons. The number of nitrogens with zero attached hydrogens (tertiary/aromatic N) is 3. The fourth-order valence-electron chi connectivity index (χ4n) is 4.06. The lowest BCUT2D eigenvalue weighted by Crippen LogP contribution is -2.51. The first-order chi connectivity index (χ1) is 13.7. The smallest absolute Gasteiger partial charge is 0.253 e. The maximum Gasteiger partial charge on any atom is 0.253 e. The van der Waals surface area contributed by atoms with E-state index in [2.05, 4.69) is 10.2 Å². The Hall–Kier alpha value is -2.13. The lowest BCUT2D eigenvalue weighted by molar-refractivity contribution is -0.122. The standard InChI is InChI=1S/C20H30N4O4S/c1-4-7-21-19(25)14-22-8-10-23(11-9-22)20(26)16-5-6-18-17(13-16)12-15(2)24(18)29(3,27)28/h5-6,13,15H,4,7-12,14H2,1-3H3,(H,21,25). The Morgan fingerprint density at radius 2 is 1.86 bits per heavy atom. The molecule has 0 aliphatic carbocycles. The van der Waals surface area contributed by atoms with Gasteiger partial charge in [-0.25, -0.2) is 8.42 Å². The van der Waals surface area contributed by atoms with Gasteiger partial charge in [0.05, 0.1) is 18.5 Å². The highest BCUT2D eigenvalue weighted by Crippen LogP contribution is 2.34. The minimum atomic E-state index is -3.34. The quantitative estimate of drug-likeness (QED) is 0.728. The summed E-state index contributed by atoms with van der Waals surface area (Å²) in [6, 6.07) is 5.13. The van der Waals surface area contributed by atoms with Crippen molar-refractivity contribution in [3.63, 3.8) is 0 Å². The normalized spacial score (nSPS) is 19.9. The first kappa shape index (κ1) is 21.6. The van der Waals surface area contributed by atoms with Crippen LogP contribution in [0.1, 0.15) is 36.2 Å². The molecular formula is C20H30N4O4S. The van der Waals surface area contributed by atoms with E-state index >= 15 is 0 Å². The third-order valence-electron chi connectivity index (χ3n) is 5.44. The Bertz CT molecular complexity index is 878. The van der Waals surface area contributed by atoms with E-state index in [0.717, 1.165) is 12.0 Å². The maximum atomic E-state index is 12.9. The van der Waals surface area contributed by atoms with E-state index in [1.54, 1.807) is 17.0 Å². The second kappa shape index (κ2) is 8.71. The van der Waals surface area contributed by atoms with E-state index in [-0.39, 0.29) is 17.9 Å². The van der Waals surface area contributed by atoms with Gasteiger partial charge in [0.2, 0.25) is 15.9 Å². The summed E-state index contributed by atoms with van der Waals surface area (Å²) in [6.07, 6.45) is 2.72. The van der Waals surface area contributed by atoms with Crippen molar-refractivity contribution in [1.29, 1.82) is 0 Å². The number of carbonyl (C=O) groups excluding carboxylic acids is 2. The number of carbonyl (C=O) groups is 2.